The highest BCUT2D eigenvalue weighted by Gasteiger charge is 2.28. The minimum absolute atomic E-state index is 0. The van der Waals surface area contributed by atoms with Crippen LogP contribution < -0.4 is 20.3 Å². The van der Waals surface area contributed by atoms with E-state index in [-0.39, 0.29) is 41.6 Å². The Morgan fingerprint density at radius 1 is 1.26 bits per heavy atom. The average Bonchev–Trinajstić information content (AvgIpc) is 3.18. The van der Waals surface area contributed by atoms with Crippen molar-refractivity contribution in [2.75, 3.05) is 31.6 Å². The number of aromatic nitrogens is 1. The molecule has 1 fully saturated rings. The second-order valence-corrected chi connectivity index (χ2v) is 6.86. The van der Waals surface area contributed by atoms with Crippen molar-refractivity contribution in [1.82, 2.24) is 15.6 Å². The van der Waals surface area contributed by atoms with Gasteiger partial charge in [-0.25, -0.2) is 9.37 Å². The van der Waals surface area contributed by atoms with Gasteiger partial charge in [0, 0.05) is 38.9 Å². The molecule has 1 aromatic carbocycles. The fraction of sp³-hybridized carbons (Fsp3) is 0.400. The Morgan fingerprint density at radius 3 is 2.65 bits per heavy atom. The smallest absolute Gasteiger partial charge is 0.422 e. The molecule has 2 heterocycles. The number of guanidine groups is 1. The summed E-state index contributed by atoms with van der Waals surface area (Å²) >= 11 is 0. The molecule has 1 aromatic heterocycles. The van der Waals surface area contributed by atoms with Gasteiger partial charge in [0.2, 0.25) is 0 Å². The normalized spacial score (nSPS) is 16.6. The van der Waals surface area contributed by atoms with Crippen LogP contribution in [0.3, 0.4) is 0 Å². The first kappa shape index (κ1) is 25.0. The number of nitrogens with one attached hydrogen (secondary N) is 2. The van der Waals surface area contributed by atoms with Crippen LogP contribution in [-0.4, -0.2) is 49.9 Å². The molecule has 1 atom stereocenters. The van der Waals surface area contributed by atoms with E-state index in [9.17, 15) is 17.6 Å². The van der Waals surface area contributed by atoms with Crippen molar-refractivity contribution < 1.29 is 22.3 Å². The van der Waals surface area contributed by atoms with Gasteiger partial charge in [-0.3, -0.25) is 4.99 Å². The molecule has 2 aromatic rings. The summed E-state index contributed by atoms with van der Waals surface area (Å²) in [5.41, 5.74) is 0.862. The number of nitrogens with zero attached hydrogens (tertiary/aromatic N) is 3. The van der Waals surface area contributed by atoms with Crippen LogP contribution in [0.25, 0.3) is 0 Å². The molecule has 2 N–H and O–H groups in total. The van der Waals surface area contributed by atoms with E-state index in [1.807, 2.05) is 4.90 Å². The molecule has 1 aliphatic heterocycles. The molecule has 0 amide bonds. The van der Waals surface area contributed by atoms with Gasteiger partial charge in [0.05, 0.1) is 0 Å². The number of hydrogen-bond acceptors (Lipinski definition) is 4. The van der Waals surface area contributed by atoms with E-state index in [2.05, 4.69) is 20.6 Å². The van der Waals surface area contributed by atoms with Gasteiger partial charge < -0.3 is 20.3 Å². The largest absolute Gasteiger partial charge is 0.484 e. The highest BCUT2D eigenvalue weighted by atomic mass is 127. The summed E-state index contributed by atoms with van der Waals surface area (Å²) in [6.07, 6.45) is -1.99. The standard InChI is InChI=1S/C20H23F4N5O.HI/c1-25-19(27-11-14-4-6-16(7-5-14)30-13-20(22,23)24)28-15-8-10-29(12-15)18-17(21)3-2-9-26-18;/h2-7,9,15H,8,10-13H2,1H3,(H2,25,27,28);1H. The lowest BCUT2D eigenvalue weighted by Crippen LogP contribution is -2.44. The number of ether oxygens (including phenoxy) is 1. The maximum Gasteiger partial charge on any atom is 0.422 e. The summed E-state index contributed by atoms with van der Waals surface area (Å²) in [4.78, 5) is 10.2. The molecular weight excluding hydrogens is 529 g/mol. The van der Waals surface area contributed by atoms with Crippen molar-refractivity contribution in [3.8, 4) is 5.75 Å². The Morgan fingerprint density at radius 2 is 2.00 bits per heavy atom. The minimum atomic E-state index is -4.36. The van der Waals surface area contributed by atoms with Crippen LogP contribution in [-0.2, 0) is 6.54 Å². The van der Waals surface area contributed by atoms with E-state index >= 15 is 0 Å². The zero-order valence-electron chi connectivity index (χ0n) is 16.8. The van der Waals surface area contributed by atoms with E-state index in [1.165, 1.54) is 18.2 Å². The second kappa shape index (κ2) is 11.3. The number of halogens is 5. The number of alkyl halides is 3. The minimum Gasteiger partial charge on any atom is -0.484 e. The molecule has 0 bridgehead atoms. The molecule has 0 saturated carbocycles. The average molecular weight is 553 g/mol. The predicted molar refractivity (Wildman–Crippen MR) is 122 cm³/mol. The van der Waals surface area contributed by atoms with Crippen molar-refractivity contribution in [2.24, 2.45) is 4.99 Å². The van der Waals surface area contributed by atoms with Gasteiger partial charge in [-0.1, -0.05) is 12.1 Å². The molecule has 1 unspecified atom stereocenters. The number of pyridine rings is 1. The molecule has 11 heteroatoms. The second-order valence-electron chi connectivity index (χ2n) is 6.86. The number of rotatable bonds is 6. The molecule has 1 aliphatic rings. The predicted octanol–water partition coefficient (Wildman–Crippen LogP) is 3.72. The van der Waals surface area contributed by atoms with Crippen molar-refractivity contribution in [3.63, 3.8) is 0 Å². The topological polar surface area (TPSA) is 61.8 Å². The molecule has 6 nitrogen and oxygen atoms in total. The SMILES string of the molecule is CN=C(NCc1ccc(OCC(F)(F)F)cc1)NC1CCN(c2ncccc2F)C1.I. The highest BCUT2D eigenvalue weighted by Crippen LogP contribution is 2.21. The third kappa shape index (κ3) is 7.71. The Kier molecular flexibility index (Phi) is 9.14. The highest BCUT2D eigenvalue weighted by molar-refractivity contribution is 14.0. The molecule has 0 radical (unpaired) electrons. The van der Waals surface area contributed by atoms with E-state index in [0.717, 1.165) is 12.0 Å². The zero-order chi connectivity index (χ0) is 21.6. The summed E-state index contributed by atoms with van der Waals surface area (Å²) in [7, 11) is 1.65. The van der Waals surface area contributed by atoms with Crippen LogP contribution >= 0.6 is 24.0 Å². The van der Waals surface area contributed by atoms with Gasteiger partial charge in [-0.15, -0.1) is 24.0 Å². The Hall–Kier alpha value is -2.31. The zero-order valence-corrected chi connectivity index (χ0v) is 19.2. The fourth-order valence-corrected chi connectivity index (χ4v) is 3.12. The van der Waals surface area contributed by atoms with Gasteiger partial charge in [-0.05, 0) is 36.2 Å². The van der Waals surface area contributed by atoms with Crippen LogP contribution in [0.1, 0.15) is 12.0 Å². The summed E-state index contributed by atoms with van der Waals surface area (Å²) in [5.74, 6) is 0.744. The van der Waals surface area contributed by atoms with Gasteiger partial charge in [-0.2, -0.15) is 13.2 Å². The third-order valence-electron chi connectivity index (χ3n) is 4.58. The van der Waals surface area contributed by atoms with Crippen molar-refractivity contribution >= 4 is 35.8 Å². The number of anilines is 1. The van der Waals surface area contributed by atoms with Crippen molar-refractivity contribution in [3.05, 3.63) is 54.0 Å². The lowest BCUT2D eigenvalue weighted by Gasteiger charge is -2.20. The third-order valence-corrected chi connectivity index (χ3v) is 4.58. The van der Waals surface area contributed by atoms with Crippen LogP contribution in [0.5, 0.6) is 5.75 Å². The number of aliphatic imine (C=N–C) groups is 1. The molecular formula is C20H24F4IN5O. The van der Waals surface area contributed by atoms with Gasteiger partial charge in [0.1, 0.15) is 5.75 Å². The van der Waals surface area contributed by atoms with Crippen molar-refractivity contribution in [1.29, 1.82) is 0 Å². The quantitative estimate of drug-likeness (QED) is 0.247. The van der Waals surface area contributed by atoms with Gasteiger partial charge in [0.25, 0.3) is 0 Å². The molecule has 1 saturated heterocycles. The fourth-order valence-electron chi connectivity index (χ4n) is 3.12. The van der Waals surface area contributed by atoms with E-state index in [1.54, 1.807) is 31.4 Å². The molecule has 0 aliphatic carbocycles. The van der Waals surface area contributed by atoms with E-state index in [0.29, 0.717) is 31.4 Å². The first-order valence-corrected chi connectivity index (χ1v) is 9.45. The summed E-state index contributed by atoms with van der Waals surface area (Å²) in [6, 6.07) is 9.40. The maximum atomic E-state index is 13.9. The summed E-state index contributed by atoms with van der Waals surface area (Å²) in [5, 5.41) is 6.46. The Bertz CT molecular complexity index is 863. The molecule has 170 valence electrons. The summed E-state index contributed by atoms with van der Waals surface area (Å²) < 4.78 is 55.2. The molecule has 3 rings (SSSR count). The van der Waals surface area contributed by atoms with Crippen LogP contribution in [0.4, 0.5) is 23.4 Å². The Labute approximate surface area is 195 Å². The summed E-state index contributed by atoms with van der Waals surface area (Å²) in [6.45, 7) is 0.397. The van der Waals surface area contributed by atoms with Crippen LogP contribution in [0, 0.1) is 5.82 Å². The van der Waals surface area contributed by atoms with Crippen LogP contribution in [0.15, 0.2) is 47.6 Å². The lowest BCUT2D eigenvalue weighted by molar-refractivity contribution is -0.153. The van der Waals surface area contributed by atoms with E-state index < -0.39 is 12.8 Å². The van der Waals surface area contributed by atoms with Crippen LogP contribution in [0.2, 0.25) is 0 Å². The molecule has 31 heavy (non-hydrogen) atoms. The number of benzene rings is 1. The maximum absolute atomic E-state index is 13.9. The molecule has 0 spiro atoms. The first-order valence-electron chi connectivity index (χ1n) is 9.45. The monoisotopic (exact) mass is 553 g/mol. The lowest BCUT2D eigenvalue weighted by atomic mass is 10.2. The van der Waals surface area contributed by atoms with Gasteiger partial charge >= 0.3 is 6.18 Å². The first-order chi connectivity index (χ1) is 14.3. The van der Waals surface area contributed by atoms with Crippen molar-refractivity contribution in [2.45, 2.75) is 25.2 Å². The Balaban J connectivity index is 0.00000341. The number of hydrogen-bond donors (Lipinski definition) is 2. The van der Waals surface area contributed by atoms with E-state index in [4.69, 9.17) is 4.74 Å². The van der Waals surface area contributed by atoms with Gasteiger partial charge in [0.15, 0.2) is 24.2 Å².